The fourth-order valence-corrected chi connectivity index (χ4v) is 2.84. The number of benzene rings is 1. The Morgan fingerprint density at radius 2 is 2.19 bits per heavy atom. The molecular weight excluding hydrogens is 286 g/mol. The van der Waals surface area contributed by atoms with Gasteiger partial charge >= 0.3 is 0 Å². The van der Waals surface area contributed by atoms with Gasteiger partial charge in [0.2, 0.25) is 0 Å². The number of hydrogen-bond acceptors (Lipinski definition) is 4. The fraction of sp³-hybridized carbons (Fsp3) is 0.273. The number of aromatic nitrogens is 2. The van der Waals surface area contributed by atoms with Crippen LogP contribution in [0.1, 0.15) is 10.6 Å². The summed E-state index contributed by atoms with van der Waals surface area (Å²) in [5.41, 5.74) is 2.34. The van der Waals surface area contributed by atoms with E-state index in [-0.39, 0.29) is 0 Å². The lowest BCUT2D eigenvalue weighted by atomic mass is 10.1. The van der Waals surface area contributed by atoms with Gasteiger partial charge in [0.15, 0.2) is 0 Å². The van der Waals surface area contributed by atoms with Gasteiger partial charge in [-0.25, -0.2) is 0 Å². The monoisotopic (exact) mass is 297 g/mol. The highest BCUT2D eigenvalue weighted by molar-refractivity contribution is 9.10. The molecule has 1 aromatic carbocycles. The molecule has 0 bridgehead atoms. The molecule has 0 aliphatic rings. The average Bonchev–Trinajstić information content (AvgIpc) is 2.71. The highest BCUT2D eigenvalue weighted by Crippen LogP contribution is 2.31. The zero-order chi connectivity index (χ0) is 11.5. The molecule has 0 amide bonds. The predicted molar refractivity (Wildman–Crippen MR) is 70.5 cm³/mol. The molecule has 0 spiro atoms. The van der Waals surface area contributed by atoms with Gasteiger partial charge in [-0.1, -0.05) is 38.9 Å². The molecule has 0 unspecified atom stereocenters. The number of aryl methyl sites for hydroxylation is 1. The van der Waals surface area contributed by atoms with Gasteiger partial charge in [0, 0.05) is 16.6 Å². The molecular formula is C11H12BrN3S. The molecule has 2 rings (SSSR count). The highest BCUT2D eigenvalue weighted by atomic mass is 79.9. The average molecular weight is 298 g/mol. The summed E-state index contributed by atoms with van der Waals surface area (Å²) in [5.74, 6) is 0. The molecule has 1 N–H and O–H groups in total. The van der Waals surface area contributed by atoms with E-state index in [0.29, 0.717) is 0 Å². The van der Waals surface area contributed by atoms with Gasteiger partial charge in [-0.2, -0.15) is 0 Å². The molecule has 0 saturated carbocycles. The number of rotatable bonds is 3. The van der Waals surface area contributed by atoms with Crippen LogP contribution in [0.5, 0.6) is 0 Å². The lowest BCUT2D eigenvalue weighted by Crippen LogP contribution is -2.04. The predicted octanol–water partition coefficient (Wildman–Crippen LogP) is 3.00. The summed E-state index contributed by atoms with van der Waals surface area (Å²) >= 11 is 5.16. The summed E-state index contributed by atoms with van der Waals surface area (Å²) in [4.78, 5) is 0. The molecule has 2 aromatic rings. The Hall–Kier alpha value is -0.780. The van der Waals surface area contributed by atoms with Crippen molar-refractivity contribution in [1.82, 2.24) is 15.5 Å². The van der Waals surface area contributed by atoms with E-state index in [1.165, 1.54) is 5.56 Å². The highest BCUT2D eigenvalue weighted by Gasteiger charge is 2.09. The van der Waals surface area contributed by atoms with Crippen LogP contribution in [0.25, 0.3) is 10.6 Å². The van der Waals surface area contributed by atoms with Gasteiger partial charge in [0.1, 0.15) is 10.0 Å². The standard InChI is InChI=1S/C11H12BrN3S/c1-7-3-4-9(12)8(5-7)11-15-14-10(16-11)6-13-2/h3-5,13H,6H2,1-2H3. The van der Waals surface area contributed by atoms with Crippen molar-refractivity contribution >= 4 is 27.3 Å². The normalized spacial score (nSPS) is 10.7. The maximum absolute atomic E-state index is 4.21. The molecule has 0 fully saturated rings. The van der Waals surface area contributed by atoms with Crippen LogP contribution in [-0.4, -0.2) is 17.2 Å². The molecule has 84 valence electrons. The van der Waals surface area contributed by atoms with E-state index >= 15 is 0 Å². The number of halogens is 1. The third kappa shape index (κ3) is 2.48. The molecule has 0 atom stereocenters. The smallest absolute Gasteiger partial charge is 0.148 e. The molecule has 16 heavy (non-hydrogen) atoms. The molecule has 0 saturated heterocycles. The van der Waals surface area contributed by atoms with Gasteiger partial charge in [-0.15, -0.1) is 10.2 Å². The van der Waals surface area contributed by atoms with Crippen LogP contribution < -0.4 is 5.32 Å². The van der Waals surface area contributed by atoms with Gasteiger partial charge in [-0.3, -0.25) is 0 Å². The zero-order valence-electron chi connectivity index (χ0n) is 9.12. The minimum absolute atomic E-state index is 0.765. The van der Waals surface area contributed by atoms with Crippen LogP contribution in [0.2, 0.25) is 0 Å². The van der Waals surface area contributed by atoms with Crippen LogP contribution in [0.15, 0.2) is 22.7 Å². The van der Waals surface area contributed by atoms with Crippen LogP contribution in [-0.2, 0) is 6.54 Å². The van der Waals surface area contributed by atoms with E-state index in [4.69, 9.17) is 0 Å². The largest absolute Gasteiger partial charge is 0.313 e. The third-order valence-electron chi connectivity index (χ3n) is 2.15. The molecule has 0 aliphatic heterocycles. The Kier molecular flexibility index (Phi) is 3.68. The van der Waals surface area contributed by atoms with Crippen molar-refractivity contribution in [3.63, 3.8) is 0 Å². The van der Waals surface area contributed by atoms with Crippen molar-refractivity contribution in [2.45, 2.75) is 13.5 Å². The minimum Gasteiger partial charge on any atom is -0.313 e. The van der Waals surface area contributed by atoms with Gasteiger partial charge in [0.05, 0.1) is 0 Å². The third-order valence-corrected chi connectivity index (χ3v) is 3.80. The summed E-state index contributed by atoms with van der Waals surface area (Å²) < 4.78 is 1.06. The topological polar surface area (TPSA) is 37.8 Å². The van der Waals surface area contributed by atoms with Crippen LogP contribution >= 0.6 is 27.3 Å². The van der Waals surface area contributed by atoms with E-state index < -0.39 is 0 Å². The first-order valence-corrected chi connectivity index (χ1v) is 6.55. The minimum atomic E-state index is 0.765. The van der Waals surface area contributed by atoms with E-state index in [9.17, 15) is 0 Å². The number of nitrogens with one attached hydrogen (secondary N) is 1. The molecule has 5 heteroatoms. The van der Waals surface area contributed by atoms with Crippen LogP contribution in [0, 0.1) is 6.92 Å². The first kappa shape index (κ1) is 11.7. The Balaban J connectivity index is 2.38. The van der Waals surface area contributed by atoms with E-state index in [2.05, 4.69) is 50.5 Å². The number of nitrogens with zero attached hydrogens (tertiary/aromatic N) is 2. The molecule has 0 radical (unpaired) electrons. The maximum Gasteiger partial charge on any atom is 0.148 e. The molecule has 1 heterocycles. The summed E-state index contributed by atoms with van der Waals surface area (Å²) in [6.45, 7) is 2.84. The lowest BCUT2D eigenvalue weighted by Gasteiger charge is -2.00. The number of hydrogen-bond donors (Lipinski definition) is 1. The summed E-state index contributed by atoms with van der Waals surface area (Å²) in [6.07, 6.45) is 0. The zero-order valence-corrected chi connectivity index (χ0v) is 11.5. The summed E-state index contributed by atoms with van der Waals surface area (Å²) in [6, 6.07) is 6.24. The first-order chi connectivity index (χ1) is 7.70. The van der Waals surface area contributed by atoms with E-state index in [0.717, 1.165) is 26.6 Å². The molecule has 1 aromatic heterocycles. The van der Waals surface area contributed by atoms with Crippen molar-refractivity contribution in [3.8, 4) is 10.6 Å². The first-order valence-electron chi connectivity index (χ1n) is 4.94. The quantitative estimate of drug-likeness (QED) is 0.946. The second-order valence-electron chi connectivity index (χ2n) is 3.51. The van der Waals surface area contributed by atoms with Gasteiger partial charge in [0.25, 0.3) is 0 Å². The molecule has 0 aliphatic carbocycles. The second kappa shape index (κ2) is 5.03. The van der Waals surface area contributed by atoms with E-state index in [1.54, 1.807) is 11.3 Å². The Morgan fingerprint density at radius 1 is 1.38 bits per heavy atom. The lowest BCUT2D eigenvalue weighted by molar-refractivity contribution is 0.795. The van der Waals surface area contributed by atoms with Gasteiger partial charge in [-0.05, 0) is 26.1 Å². The van der Waals surface area contributed by atoms with Crippen molar-refractivity contribution in [1.29, 1.82) is 0 Å². The van der Waals surface area contributed by atoms with Crippen molar-refractivity contribution in [3.05, 3.63) is 33.2 Å². The maximum atomic E-state index is 4.21. The summed E-state index contributed by atoms with van der Waals surface area (Å²) in [5, 5.41) is 13.4. The van der Waals surface area contributed by atoms with E-state index in [1.807, 2.05) is 13.1 Å². The Bertz CT molecular complexity index is 496. The van der Waals surface area contributed by atoms with Gasteiger partial charge < -0.3 is 5.32 Å². The Labute approximate surface area is 107 Å². The molecule has 3 nitrogen and oxygen atoms in total. The van der Waals surface area contributed by atoms with Crippen molar-refractivity contribution < 1.29 is 0 Å². The van der Waals surface area contributed by atoms with Crippen LogP contribution in [0.4, 0.5) is 0 Å². The van der Waals surface area contributed by atoms with Crippen LogP contribution in [0.3, 0.4) is 0 Å². The fourth-order valence-electron chi connectivity index (χ4n) is 1.39. The second-order valence-corrected chi connectivity index (χ2v) is 5.43. The van der Waals surface area contributed by atoms with Crippen molar-refractivity contribution in [2.75, 3.05) is 7.05 Å². The summed E-state index contributed by atoms with van der Waals surface area (Å²) in [7, 11) is 1.91. The Morgan fingerprint density at radius 3 is 2.94 bits per heavy atom. The SMILES string of the molecule is CNCc1nnc(-c2cc(C)ccc2Br)s1. The van der Waals surface area contributed by atoms with Crippen molar-refractivity contribution in [2.24, 2.45) is 0 Å².